The summed E-state index contributed by atoms with van der Waals surface area (Å²) in [5, 5.41) is 12.2. The predicted molar refractivity (Wildman–Crippen MR) is 124 cm³/mol. The lowest BCUT2D eigenvalue weighted by Crippen LogP contribution is -2.13. The second-order valence-electron chi connectivity index (χ2n) is 6.87. The minimum atomic E-state index is -0.590. The van der Waals surface area contributed by atoms with Gasteiger partial charge in [0.05, 0.1) is 19.8 Å². The van der Waals surface area contributed by atoms with Crippen LogP contribution in [0.1, 0.15) is 21.5 Å². The van der Waals surface area contributed by atoms with Gasteiger partial charge < -0.3 is 19.5 Å². The number of carbonyl (C=O) groups excluding carboxylic acids is 2. The Bertz CT molecular complexity index is 1200. The maximum absolute atomic E-state index is 12.7. The molecule has 1 amide bonds. The first-order chi connectivity index (χ1) is 16.0. The van der Waals surface area contributed by atoms with Crippen molar-refractivity contribution in [2.24, 2.45) is 0 Å². The van der Waals surface area contributed by atoms with Crippen molar-refractivity contribution in [2.45, 2.75) is 6.61 Å². The average Bonchev–Trinajstić information content (AvgIpc) is 2.86. The first-order valence-electron chi connectivity index (χ1n) is 10.0. The third-order valence-electron chi connectivity index (χ3n) is 4.69. The number of ether oxygens (including phenoxy) is 3. The smallest absolute Gasteiger partial charge is 0.337 e. The monoisotopic (exact) mass is 442 g/mol. The Morgan fingerprint density at radius 3 is 2.36 bits per heavy atom. The van der Waals surface area contributed by atoms with Gasteiger partial charge in [0, 0.05) is 17.3 Å². The standard InChI is InChI=1S/C26H22N2O5/c1-31-23-13-10-20(24(15-23)33-17-18-6-4-3-5-7-18)14-21(16-27)25(29)28-22-11-8-19(9-12-22)26(30)32-2/h3-15H,17H2,1-2H3,(H,28,29)/b21-14+. The number of hydrogen-bond acceptors (Lipinski definition) is 6. The number of carbonyl (C=O) groups is 2. The van der Waals surface area contributed by atoms with Crippen LogP contribution in [0.2, 0.25) is 0 Å². The molecule has 166 valence electrons. The predicted octanol–water partition coefficient (Wildman–Crippen LogP) is 4.61. The topological polar surface area (TPSA) is 97.7 Å². The Hall–Kier alpha value is -4.57. The van der Waals surface area contributed by atoms with Gasteiger partial charge >= 0.3 is 5.97 Å². The van der Waals surface area contributed by atoms with Crippen molar-refractivity contribution in [1.82, 2.24) is 0 Å². The van der Waals surface area contributed by atoms with Crippen LogP contribution in [0.15, 0.2) is 78.4 Å². The van der Waals surface area contributed by atoms with E-state index in [1.807, 2.05) is 36.4 Å². The lowest BCUT2D eigenvalue weighted by Gasteiger charge is -2.12. The molecule has 3 aromatic rings. The maximum atomic E-state index is 12.7. The van der Waals surface area contributed by atoms with Crippen LogP contribution in [0.4, 0.5) is 5.69 Å². The lowest BCUT2D eigenvalue weighted by molar-refractivity contribution is -0.112. The number of methoxy groups -OCH3 is 2. The van der Waals surface area contributed by atoms with E-state index in [0.29, 0.717) is 34.9 Å². The number of benzene rings is 3. The van der Waals surface area contributed by atoms with E-state index in [9.17, 15) is 14.9 Å². The minimum absolute atomic E-state index is 0.109. The summed E-state index contributed by atoms with van der Waals surface area (Å²) >= 11 is 0. The van der Waals surface area contributed by atoms with Gasteiger partial charge in [0.1, 0.15) is 29.7 Å². The van der Waals surface area contributed by atoms with E-state index in [0.717, 1.165) is 5.56 Å². The van der Waals surface area contributed by atoms with Crippen LogP contribution in [0.25, 0.3) is 6.08 Å². The summed E-state index contributed by atoms with van der Waals surface area (Å²) in [6.07, 6.45) is 1.46. The average molecular weight is 442 g/mol. The third kappa shape index (κ3) is 6.21. The molecule has 3 aromatic carbocycles. The highest BCUT2D eigenvalue weighted by Crippen LogP contribution is 2.28. The molecule has 0 heterocycles. The Labute approximate surface area is 191 Å². The minimum Gasteiger partial charge on any atom is -0.497 e. The van der Waals surface area contributed by atoms with E-state index in [1.54, 1.807) is 37.4 Å². The molecular formula is C26H22N2O5. The molecule has 0 aliphatic heterocycles. The molecule has 7 nitrogen and oxygen atoms in total. The zero-order chi connectivity index (χ0) is 23.6. The van der Waals surface area contributed by atoms with Crippen molar-refractivity contribution in [3.63, 3.8) is 0 Å². The molecule has 7 heteroatoms. The van der Waals surface area contributed by atoms with Crippen molar-refractivity contribution in [2.75, 3.05) is 19.5 Å². The Morgan fingerprint density at radius 2 is 1.73 bits per heavy atom. The molecule has 0 saturated carbocycles. The number of amides is 1. The molecule has 0 unspecified atom stereocenters. The van der Waals surface area contributed by atoms with Crippen LogP contribution in [0, 0.1) is 11.3 Å². The molecule has 0 aliphatic rings. The van der Waals surface area contributed by atoms with Crippen LogP contribution in [-0.4, -0.2) is 26.1 Å². The summed E-state index contributed by atoms with van der Waals surface area (Å²) in [5.41, 5.74) is 2.21. The van der Waals surface area contributed by atoms with Crippen LogP contribution < -0.4 is 14.8 Å². The summed E-state index contributed by atoms with van der Waals surface area (Å²) < 4.78 is 15.9. The van der Waals surface area contributed by atoms with E-state index in [-0.39, 0.29) is 5.57 Å². The maximum Gasteiger partial charge on any atom is 0.337 e. The molecule has 3 rings (SSSR count). The van der Waals surface area contributed by atoms with E-state index in [2.05, 4.69) is 10.1 Å². The second kappa shape index (κ2) is 11.2. The number of nitriles is 1. The highest BCUT2D eigenvalue weighted by atomic mass is 16.5. The van der Waals surface area contributed by atoms with Gasteiger partial charge in [-0.1, -0.05) is 30.3 Å². The fourth-order valence-corrected chi connectivity index (χ4v) is 2.93. The molecular weight excluding hydrogens is 420 g/mol. The number of anilines is 1. The van der Waals surface area contributed by atoms with Gasteiger partial charge in [-0.15, -0.1) is 0 Å². The third-order valence-corrected chi connectivity index (χ3v) is 4.69. The quantitative estimate of drug-likeness (QED) is 0.311. The van der Waals surface area contributed by atoms with Crippen molar-refractivity contribution in [3.8, 4) is 17.6 Å². The number of esters is 1. The zero-order valence-corrected chi connectivity index (χ0v) is 18.2. The summed E-state index contributed by atoms with van der Waals surface area (Å²) in [5.74, 6) is -0.00813. The normalized spacial score (nSPS) is 10.6. The van der Waals surface area contributed by atoms with Crippen molar-refractivity contribution < 1.29 is 23.8 Å². The van der Waals surface area contributed by atoms with Gasteiger partial charge in [-0.3, -0.25) is 4.79 Å². The van der Waals surface area contributed by atoms with Gasteiger partial charge in [0.15, 0.2) is 0 Å². The molecule has 1 N–H and O–H groups in total. The fourth-order valence-electron chi connectivity index (χ4n) is 2.93. The van der Waals surface area contributed by atoms with E-state index in [4.69, 9.17) is 9.47 Å². The number of rotatable bonds is 8. The first kappa shape index (κ1) is 23.1. The van der Waals surface area contributed by atoms with Crippen LogP contribution in [0.5, 0.6) is 11.5 Å². The fraction of sp³-hybridized carbons (Fsp3) is 0.115. The van der Waals surface area contributed by atoms with Gasteiger partial charge in [0.2, 0.25) is 0 Å². The van der Waals surface area contributed by atoms with E-state index in [1.165, 1.54) is 25.3 Å². The molecule has 0 spiro atoms. The van der Waals surface area contributed by atoms with E-state index < -0.39 is 11.9 Å². The number of nitrogens with zero attached hydrogens (tertiary/aromatic N) is 1. The lowest BCUT2D eigenvalue weighted by atomic mass is 10.1. The summed E-state index contributed by atoms with van der Waals surface area (Å²) in [6, 6.07) is 22.9. The molecule has 0 fully saturated rings. The largest absolute Gasteiger partial charge is 0.497 e. The van der Waals surface area contributed by atoms with Gasteiger partial charge in [-0.2, -0.15) is 5.26 Å². The first-order valence-corrected chi connectivity index (χ1v) is 10.0. The highest BCUT2D eigenvalue weighted by Gasteiger charge is 2.13. The van der Waals surface area contributed by atoms with Crippen molar-refractivity contribution >= 4 is 23.6 Å². The van der Waals surface area contributed by atoms with Gasteiger partial charge in [-0.25, -0.2) is 4.79 Å². The summed E-state index contributed by atoms with van der Waals surface area (Å²) in [7, 11) is 2.84. The number of nitrogens with one attached hydrogen (secondary N) is 1. The van der Waals surface area contributed by atoms with E-state index >= 15 is 0 Å². The van der Waals surface area contributed by atoms with Crippen LogP contribution in [-0.2, 0) is 16.1 Å². The van der Waals surface area contributed by atoms with Crippen molar-refractivity contribution in [1.29, 1.82) is 5.26 Å². The summed E-state index contributed by atoms with van der Waals surface area (Å²) in [4.78, 5) is 24.2. The second-order valence-corrected chi connectivity index (χ2v) is 6.87. The Morgan fingerprint density at radius 1 is 1.00 bits per heavy atom. The SMILES string of the molecule is COC(=O)c1ccc(NC(=O)/C(C#N)=C/c2ccc(OC)cc2OCc2ccccc2)cc1. The van der Waals surface area contributed by atoms with Gasteiger partial charge in [0.25, 0.3) is 5.91 Å². The molecule has 0 aromatic heterocycles. The molecule has 33 heavy (non-hydrogen) atoms. The molecule has 0 bridgehead atoms. The summed E-state index contributed by atoms with van der Waals surface area (Å²) in [6.45, 7) is 0.315. The Kier molecular flexibility index (Phi) is 7.81. The zero-order valence-electron chi connectivity index (χ0n) is 18.2. The molecule has 0 aliphatic carbocycles. The molecule has 0 radical (unpaired) electrons. The highest BCUT2D eigenvalue weighted by molar-refractivity contribution is 6.10. The van der Waals surface area contributed by atoms with Crippen LogP contribution in [0.3, 0.4) is 0 Å². The number of hydrogen-bond donors (Lipinski definition) is 1. The van der Waals surface area contributed by atoms with Gasteiger partial charge in [-0.05, 0) is 48.0 Å². The molecule has 0 atom stereocenters. The Balaban J connectivity index is 1.81. The van der Waals surface area contributed by atoms with Crippen LogP contribution >= 0.6 is 0 Å². The van der Waals surface area contributed by atoms with Crippen molar-refractivity contribution in [3.05, 3.63) is 95.1 Å². The molecule has 0 saturated heterocycles.